The molecule has 29 heavy (non-hydrogen) atoms. The Morgan fingerprint density at radius 3 is 2.55 bits per heavy atom. The van der Waals surface area contributed by atoms with E-state index in [-0.39, 0.29) is 22.4 Å². The number of rotatable bonds is 8. The third kappa shape index (κ3) is 4.63. The Balaban J connectivity index is 1.81. The maximum absolute atomic E-state index is 12.7. The van der Waals surface area contributed by atoms with Crippen LogP contribution in [0.15, 0.2) is 46.1 Å². The summed E-state index contributed by atoms with van der Waals surface area (Å²) in [6.45, 7) is 6.37. The number of benzene rings is 2. The third-order valence-corrected chi connectivity index (χ3v) is 6.66. The summed E-state index contributed by atoms with van der Waals surface area (Å²) in [7, 11) is -2.19. The molecule has 0 amide bonds. The summed E-state index contributed by atoms with van der Waals surface area (Å²) >= 11 is 1.04. The fraction of sp³-hybridized carbons (Fsp3) is 0.350. The number of nitrogens with one attached hydrogen (secondary N) is 1. The van der Waals surface area contributed by atoms with Gasteiger partial charge in [-0.15, -0.1) is 0 Å². The average Bonchev–Trinajstić information content (AvgIpc) is 3.00. The molecule has 0 saturated carbocycles. The topological polar surface area (TPSA) is 86.6 Å². The van der Waals surface area contributed by atoms with Crippen LogP contribution < -0.4 is 19.1 Å². The van der Waals surface area contributed by atoms with Crippen LogP contribution in [-0.2, 0) is 23.1 Å². The number of thiazole rings is 1. The van der Waals surface area contributed by atoms with Gasteiger partial charge in [0.05, 0.1) is 28.3 Å². The van der Waals surface area contributed by atoms with Gasteiger partial charge in [0.25, 0.3) is 0 Å². The molecule has 0 saturated heterocycles. The Labute approximate surface area is 173 Å². The van der Waals surface area contributed by atoms with Crippen molar-refractivity contribution in [3.63, 3.8) is 0 Å². The predicted molar refractivity (Wildman–Crippen MR) is 115 cm³/mol. The number of sulfonamides is 1. The highest BCUT2D eigenvalue weighted by Crippen LogP contribution is 2.29. The summed E-state index contributed by atoms with van der Waals surface area (Å²) in [5.74, 6) is 1.15. The second kappa shape index (κ2) is 8.56. The number of aromatic nitrogens is 1. The van der Waals surface area contributed by atoms with Crippen LogP contribution in [0.5, 0.6) is 11.5 Å². The van der Waals surface area contributed by atoms with Gasteiger partial charge in [-0.3, -0.25) is 9.36 Å². The molecule has 156 valence electrons. The Morgan fingerprint density at radius 1 is 1.14 bits per heavy atom. The Morgan fingerprint density at radius 2 is 1.90 bits per heavy atom. The second-order valence-electron chi connectivity index (χ2n) is 6.72. The van der Waals surface area contributed by atoms with Gasteiger partial charge >= 0.3 is 4.87 Å². The van der Waals surface area contributed by atoms with Crippen LogP contribution in [0.4, 0.5) is 0 Å². The van der Waals surface area contributed by atoms with E-state index in [2.05, 4.69) is 4.72 Å². The smallest absolute Gasteiger partial charge is 0.308 e. The van der Waals surface area contributed by atoms with Crippen molar-refractivity contribution < 1.29 is 17.9 Å². The summed E-state index contributed by atoms with van der Waals surface area (Å²) in [5, 5.41) is 0. The van der Waals surface area contributed by atoms with Gasteiger partial charge < -0.3 is 9.47 Å². The fourth-order valence-electron chi connectivity index (χ4n) is 2.95. The molecule has 1 N–H and O–H groups in total. The summed E-state index contributed by atoms with van der Waals surface area (Å²) < 4.78 is 41.4. The molecule has 0 aliphatic rings. The van der Waals surface area contributed by atoms with Crippen LogP contribution in [0.1, 0.15) is 26.3 Å². The van der Waals surface area contributed by atoms with Gasteiger partial charge in [0.2, 0.25) is 10.0 Å². The lowest BCUT2D eigenvalue weighted by molar-refractivity contribution is 0.230. The van der Waals surface area contributed by atoms with E-state index < -0.39 is 10.0 Å². The van der Waals surface area contributed by atoms with Crippen molar-refractivity contribution in [3.05, 3.63) is 51.6 Å². The van der Waals surface area contributed by atoms with Crippen molar-refractivity contribution in [2.45, 2.75) is 44.9 Å². The van der Waals surface area contributed by atoms with Crippen molar-refractivity contribution in [1.82, 2.24) is 9.29 Å². The lowest BCUT2D eigenvalue weighted by Crippen LogP contribution is -2.23. The predicted octanol–water partition coefficient (Wildman–Crippen LogP) is 3.36. The number of nitrogens with zero attached hydrogens (tertiary/aromatic N) is 1. The van der Waals surface area contributed by atoms with E-state index in [0.29, 0.717) is 22.7 Å². The Hall–Kier alpha value is -2.36. The van der Waals surface area contributed by atoms with Crippen molar-refractivity contribution >= 4 is 31.6 Å². The lowest BCUT2D eigenvalue weighted by Gasteiger charge is -2.15. The molecule has 0 aliphatic carbocycles. The zero-order chi connectivity index (χ0) is 21.2. The van der Waals surface area contributed by atoms with Crippen LogP contribution >= 0.6 is 11.3 Å². The zero-order valence-electron chi connectivity index (χ0n) is 16.8. The third-order valence-electron chi connectivity index (χ3n) is 4.32. The molecule has 3 aromatic rings. The van der Waals surface area contributed by atoms with Gasteiger partial charge in [-0.05, 0) is 56.7 Å². The highest BCUT2D eigenvalue weighted by molar-refractivity contribution is 7.89. The van der Waals surface area contributed by atoms with Gasteiger partial charge in [0.1, 0.15) is 0 Å². The maximum atomic E-state index is 12.7. The van der Waals surface area contributed by atoms with Gasteiger partial charge in [0, 0.05) is 13.1 Å². The van der Waals surface area contributed by atoms with E-state index in [1.165, 1.54) is 12.1 Å². The molecule has 0 fully saturated rings. The van der Waals surface area contributed by atoms with Gasteiger partial charge in [-0.1, -0.05) is 17.4 Å². The molecule has 0 aliphatic heterocycles. The summed E-state index contributed by atoms with van der Waals surface area (Å²) in [6, 6.07) is 10.0. The van der Waals surface area contributed by atoms with Crippen molar-refractivity contribution in [2.75, 3.05) is 7.11 Å². The highest BCUT2D eigenvalue weighted by Gasteiger charge is 2.17. The first-order chi connectivity index (χ1) is 13.7. The minimum atomic E-state index is -3.74. The Kier molecular flexibility index (Phi) is 6.30. The molecule has 9 heteroatoms. The number of fused-ring (bicyclic) bond motifs is 1. The molecule has 1 aromatic heterocycles. The molecule has 1 heterocycles. The average molecular weight is 437 g/mol. The lowest BCUT2D eigenvalue weighted by atomic mass is 10.2. The van der Waals surface area contributed by atoms with E-state index in [1.807, 2.05) is 20.8 Å². The van der Waals surface area contributed by atoms with E-state index in [1.54, 1.807) is 35.9 Å². The minimum absolute atomic E-state index is 0.00134. The summed E-state index contributed by atoms with van der Waals surface area (Å²) in [5.41, 5.74) is 1.48. The molecule has 7 nitrogen and oxygen atoms in total. The number of ether oxygens (including phenoxy) is 2. The van der Waals surface area contributed by atoms with Crippen LogP contribution in [-0.4, -0.2) is 26.2 Å². The van der Waals surface area contributed by atoms with E-state index in [0.717, 1.165) is 22.4 Å². The molecule has 0 bridgehead atoms. The number of aryl methyl sites for hydroxylation is 1. The zero-order valence-corrected chi connectivity index (χ0v) is 18.4. The normalized spacial score (nSPS) is 11.9. The van der Waals surface area contributed by atoms with Crippen molar-refractivity contribution in [1.29, 1.82) is 0 Å². The first kappa shape index (κ1) is 21.4. The van der Waals surface area contributed by atoms with Crippen LogP contribution in [0.2, 0.25) is 0 Å². The molecule has 0 unspecified atom stereocenters. The molecule has 0 radical (unpaired) electrons. The van der Waals surface area contributed by atoms with Crippen LogP contribution in [0.25, 0.3) is 10.2 Å². The first-order valence-electron chi connectivity index (χ1n) is 9.21. The van der Waals surface area contributed by atoms with Crippen LogP contribution in [0, 0.1) is 0 Å². The number of hydrogen-bond donors (Lipinski definition) is 1. The summed E-state index contributed by atoms with van der Waals surface area (Å²) in [6.07, 6.45) is 0.00134. The van der Waals surface area contributed by atoms with E-state index >= 15 is 0 Å². The monoisotopic (exact) mass is 436 g/mol. The van der Waals surface area contributed by atoms with E-state index in [4.69, 9.17) is 9.47 Å². The number of methoxy groups -OCH3 is 1. The van der Waals surface area contributed by atoms with E-state index in [9.17, 15) is 13.2 Å². The quantitative estimate of drug-likeness (QED) is 0.585. The molecular weight excluding hydrogens is 412 g/mol. The number of hydrogen-bond acceptors (Lipinski definition) is 6. The standard InChI is InChI=1S/C20H24N2O5S2/c1-5-22-16-8-7-15(11-19(16)28-20(22)23)29(24,25)21-12-14-6-9-17(27-13(2)3)18(10-14)26-4/h6-11,13,21H,5,12H2,1-4H3. The molecule has 0 atom stereocenters. The Bertz CT molecular complexity index is 1180. The van der Waals surface area contributed by atoms with Gasteiger partial charge in [-0.25, -0.2) is 13.1 Å². The van der Waals surface area contributed by atoms with Gasteiger partial charge in [-0.2, -0.15) is 0 Å². The first-order valence-corrected chi connectivity index (χ1v) is 11.5. The van der Waals surface area contributed by atoms with Gasteiger partial charge in [0.15, 0.2) is 11.5 Å². The summed E-state index contributed by atoms with van der Waals surface area (Å²) in [4.78, 5) is 12.0. The second-order valence-corrected chi connectivity index (χ2v) is 9.48. The highest BCUT2D eigenvalue weighted by atomic mass is 32.2. The minimum Gasteiger partial charge on any atom is -0.493 e. The molecule has 0 spiro atoms. The molecular formula is C20H24N2O5S2. The SMILES string of the molecule is CCn1c(=O)sc2cc(S(=O)(=O)NCc3ccc(OC(C)C)c(OC)c3)ccc21. The fourth-order valence-corrected chi connectivity index (χ4v) is 5.06. The largest absolute Gasteiger partial charge is 0.493 e. The molecule has 3 rings (SSSR count). The van der Waals surface area contributed by atoms with Crippen molar-refractivity contribution in [2.24, 2.45) is 0 Å². The van der Waals surface area contributed by atoms with Crippen LogP contribution in [0.3, 0.4) is 0 Å². The maximum Gasteiger partial charge on any atom is 0.308 e. The molecule has 2 aromatic carbocycles. The van der Waals surface area contributed by atoms with Crippen molar-refractivity contribution in [3.8, 4) is 11.5 Å².